The van der Waals surface area contributed by atoms with Crippen LogP contribution in [-0.2, 0) is 11.4 Å². The molecule has 0 fully saturated rings. The molecule has 2 aromatic rings. The fourth-order valence-corrected chi connectivity index (χ4v) is 1.70. The van der Waals surface area contributed by atoms with Gasteiger partial charge in [-0.2, -0.15) is 0 Å². The third kappa shape index (κ3) is 3.81. The van der Waals surface area contributed by atoms with E-state index >= 15 is 0 Å². The molecule has 0 saturated heterocycles. The van der Waals surface area contributed by atoms with E-state index in [1.165, 1.54) is 6.92 Å². The highest BCUT2D eigenvalue weighted by Crippen LogP contribution is 2.18. The van der Waals surface area contributed by atoms with Crippen LogP contribution >= 0.6 is 0 Å². The first-order valence-electron chi connectivity index (χ1n) is 6.05. The van der Waals surface area contributed by atoms with Crippen LogP contribution in [0, 0.1) is 6.92 Å². The third-order valence-corrected chi connectivity index (χ3v) is 2.70. The molecule has 0 spiro atoms. The number of hydrogen-bond donors (Lipinski definition) is 1. The van der Waals surface area contributed by atoms with Crippen LogP contribution in [0.1, 0.15) is 18.1 Å². The number of hydrogen-bond acceptors (Lipinski definition) is 3. The van der Waals surface area contributed by atoms with E-state index in [0.717, 1.165) is 22.6 Å². The smallest absolute Gasteiger partial charge is 0.221 e. The fraction of sp³-hybridized carbons (Fsp3) is 0.200. The predicted molar refractivity (Wildman–Crippen MR) is 74.1 cm³/mol. The highest BCUT2D eigenvalue weighted by Gasteiger charge is 2.03. The number of aryl methyl sites for hydroxylation is 1. The Morgan fingerprint density at radius 3 is 2.89 bits per heavy atom. The van der Waals surface area contributed by atoms with Crippen LogP contribution in [0.3, 0.4) is 0 Å². The van der Waals surface area contributed by atoms with Gasteiger partial charge in [-0.3, -0.25) is 9.78 Å². The molecular formula is C15H16N2O2. The molecular weight excluding hydrogens is 240 g/mol. The van der Waals surface area contributed by atoms with E-state index in [2.05, 4.69) is 10.3 Å². The van der Waals surface area contributed by atoms with E-state index in [1.807, 2.05) is 37.3 Å². The van der Waals surface area contributed by atoms with E-state index in [9.17, 15) is 4.79 Å². The number of ether oxygens (including phenoxy) is 1. The molecule has 0 atom stereocenters. The van der Waals surface area contributed by atoms with E-state index in [4.69, 9.17) is 4.74 Å². The number of anilines is 1. The van der Waals surface area contributed by atoms with Gasteiger partial charge in [-0.1, -0.05) is 6.07 Å². The molecule has 19 heavy (non-hydrogen) atoms. The lowest BCUT2D eigenvalue weighted by Crippen LogP contribution is -2.07. The Kier molecular flexibility index (Phi) is 4.13. The predicted octanol–water partition coefficient (Wildman–Crippen LogP) is 2.93. The normalized spacial score (nSPS) is 10.0. The molecule has 1 aromatic heterocycles. The molecule has 1 amide bonds. The van der Waals surface area contributed by atoms with Gasteiger partial charge in [0.05, 0.1) is 6.20 Å². The zero-order chi connectivity index (χ0) is 13.7. The maximum atomic E-state index is 11.0. The van der Waals surface area contributed by atoms with Crippen LogP contribution in [0.4, 0.5) is 5.69 Å². The molecule has 0 aliphatic heterocycles. The molecule has 0 aliphatic rings. The summed E-state index contributed by atoms with van der Waals surface area (Å²) in [5, 5.41) is 2.76. The van der Waals surface area contributed by atoms with Crippen molar-refractivity contribution in [3.05, 3.63) is 53.9 Å². The number of rotatable bonds is 4. The second kappa shape index (κ2) is 6.00. The SMILES string of the molecule is CC(=O)Nc1ccc(C)c(COc2cccnc2)c1. The Morgan fingerprint density at radius 2 is 2.21 bits per heavy atom. The molecule has 0 bridgehead atoms. The molecule has 1 aromatic carbocycles. The van der Waals surface area contributed by atoms with E-state index in [-0.39, 0.29) is 5.91 Å². The zero-order valence-electron chi connectivity index (χ0n) is 11.0. The number of nitrogens with zero attached hydrogens (tertiary/aromatic N) is 1. The van der Waals surface area contributed by atoms with Crippen LogP contribution in [0.25, 0.3) is 0 Å². The standard InChI is InChI=1S/C15H16N2O2/c1-11-5-6-14(17-12(2)18)8-13(11)10-19-15-4-3-7-16-9-15/h3-9H,10H2,1-2H3,(H,17,18). The topological polar surface area (TPSA) is 51.2 Å². The summed E-state index contributed by atoms with van der Waals surface area (Å²) in [4.78, 5) is 15.0. The molecule has 4 nitrogen and oxygen atoms in total. The first kappa shape index (κ1) is 13.1. The number of carbonyl (C=O) groups is 1. The summed E-state index contributed by atoms with van der Waals surface area (Å²) in [5.74, 6) is 0.648. The maximum Gasteiger partial charge on any atom is 0.221 e. The summed E-state index contributed by atoms with van der Waals surface area (Å²) >= 11 is 0. The van der Waals surface area contributed by atoms with E-state index in [0.29, 0.717) is 6.61 Å². The molecule has 4 heteroatoms. The lowest BCUT2D eigenvalue weighted by Gasteiger charge is -2.10. The Hall–Kier alpha value is -2.36. The van der Waals surface area contributed by atoms with Crippen molar-refractivity contribution in [2.24, 2.45) is 0 Å². The first-order valence-corrected chi connectivity index (χ1v) is 6.05. The van der Waals surface area contributed by atoms with Gasteiger partial charge in [0, 0.05) is 18.8 Å². The first-order chi connectivity index (χ1) is 9.15. The van der Waals surface area contributed by atoms with Crippen LogP contribution in [0.5, 0.6) is 5.75 Å². The number of amides is 1. The highest BCUT2D eigenvalue weighted by atomic mass is 16.5. The van der Waals surface area contributed by atoms with Crippen molar-refractivity contribution in [1.82, 2.24) is 4.98 Å². The monoisotopic (exact) mass is 256 g/mol. The summed E-state index contributed by atoms with van der Waals surface area (Å²) in [6.45, 7) is 3.95. The van der Waals surface area contributed by atoms with Gasteiger partial charge < -0.3 is 10.1 Å². The molecule has 1 N–H and O–H groups in total. The average Bonchev–Trinajstić information content (AvgIpc) is 2.40. The van der Waals surface area contributed by atoms with Gasteiger partial charge in [-0.05, 0) is 42.3 Å². The van der Waals surface area contributed by atoms with Crippen LogP contribution in [0.2, 0.25) is 0 Å². The number of benzene rings is 1. The van der Waals surface area contributed by atoms with Crippen molar-refractivity contribution in [2.75, 3.05) is 5.32 Å². The van der Waals surface area contributed by atoms with Crippen molar-refractivity contribution in [3.8, 4) is 5.75 Å². The minimum absolute atomic E-state index is 0.0806. The third-order valence-electron chi connectivity index (χ3n) is 2.70. The average molecular weight is 256 g/mol. The van der Waals surface area contributed by atoms with E-state index < -0.39 is 0 Å². The number of nitrogens with one attached hydrogen (secondary N) is 1. The van der Waals surface area contributed by atoms with Gasteiger partial charge in [-0.25, -0.2) is 0 Å². The van der Waals surface area contributed by atoms with E-state index in [1.54, 1.807) is 12.4 Å². The Balaban J connectivity index is 2.08. The summed E-state index contributed by atoms with van der Waals surface area (Å²) in [6, 6.07) is 9.46. The zero-order valence-corrected chi connectivity index (χ0v) is 11.0. The molecule has 0 aliphatic carbocycles. The van der Waals surface area contributed by atoms with Gasteiger partial charge >= 0.3 is 0 Å². The molecule has 1 heterocycles. The number of pyridine rings is 1. The largest absolute Gasteiger partial charge is 0.487 e. The molecule has 98 valence electrons. The summed E-state index contributed by atoms with van der Waals surface area (Å²) in [7, 11) is 0. The minimum atomic E-state index is -0.0806. The van der Waals surface area contributed by atoms with Crippen molar-refractivity contribution in [2.45, 2.75) is 20.5 Å². The lowest BCUT2D eigenvalue weighted by atomic mass is 10.1. The van der Waals surface area contributed by atoms with Gasteiger partial charge in [0.15, 0.2) is 0 Å². The molecule has 0 radical (unpaired) electrons. The number of aromatic nitrogens is 1. The van der Waals surface area contributed by atoms with Crippen LogP contribution in [0.15, 0.2) is 42.7 Å². The lowest BCUT2D eigenvalue weighted by molar-refractivity contribution is -0.114. The Bertz CT molecular complexity index is 568. The van der Waals surface area contributed by atoms with Gasteiger partial charge in [0.25, 0.3) is 0 Å². The van der Waals surface area contributed by atoms with Gasteiger partial charge in [-0.15, -0.1) is 0 Å². The number of carbonyl (C=O) groups excluding carboxylic acids is 1. The Morgan fingerprint density at radius 1 is 1.37 bits per heavy atom. The van der Waals surface area contributed by atoms with Crippen molar-refractivity contribution in [1.29, 1.82) is 0 Å². The molecule has 0 saturated carbocycles. The second-order valence-corrected chi connectivity index (χ2v) is 4.30. The van der Waals surface area contributed by atoms with Crippen LogP contribution < -0.4 is 10.1 Å². The van der Waals surface area contributed by atoms with Crippen molar-refractivity contribution < 1.29 is 9.53 Å². The Labute approximate surface area is 112 Å². The summed E-state index contributed by atoms with van der Waals surface area (Å²) in [5.41, 5.74) is 2.94. The van der Waals surface area contributed by atoms with Crippen LogP contribution in [-0.4, -0.2) is 10.9 Å². The van der Waals surface area contributed by atoms with Crippen molar-refractivity contribution >= 4 is 11.6 Å². The van der Waals surface area contributed by atoms with Crippen molar-refractivity contribution in [3.63, 3.8) is 0 Å². The quantitative estimate of drug-likeness (QED) is 0.915. The second-order valence-electron chi connectivity index (χ2n) is 4.30. The minimum Gasteiger partial charge on any atom is -0.487 e. The highest BCUT2D eigenvalue weighted by molar-refractivity contribution is 5.88. The molecule has 2 rings (SSSR count). The summed E-state index contributed by atoms with van der Waals surface area (Å²) in [6.07, 6.45) is 3.38. The molecule has 0 unspecified atom stereocenters. The fourth-order valence-electron chi connectivity index (χ4n) is 1.70. The van der Waals surface area contributed by atoms with Gasteiger partial charge in [0.1, 0.15) is 12.4 Å². The summed E-state index contributed by atoms with van der Waals surface area (Å²) < 4.78 is 5.66. The van der Waals surface area contributed by atoms with Gasteiger partial charge in [0.2, 0.25) is 5.91 Å². The maximum absolute atomic E-state index is 11.0.